The van der Waals surface area contributed by atoms with Crippen molar-refractivity contribution in [1.29, 1.82) is 0 Å². The maximum Gasteiger partial charge on any atom is 0.407 e. The van der Waals surface area contributed by atoms with Gasteiger partial charge in [0.05, 0.1) is 24.8 Å². The molecule has 0 spiro atoms. The molecule has 1 unspecified atom stereocenters. The summed E-state index contributed by atoms with van der Waals surface area (Å²) in [5, 5.41) is 22.5. The molecule has 2 aromatic rings. The number of anilines is 1. The first-order valence-electron chi connectivity index (χ1n) is 11.7. The minimum absolute atomic E-state index is 0.0237. The molecule has 1 aromatic heterocycles. The summed E-state index contributed by atoms with van der Waals surface area (Å²) in [5.74, 6) is -0.0722. The molecule has 2 fully saturated rings. The Morgan fingerprint density at radius 3 is 2.75 bits per heavy atom. The van der Waals surface area contributed by atoms with Gasteiger partial charge in [0.1, 0.15) is 23.4 Å². The maximum absolute atomic E-state index is 12.3. The van der Waals surface area contributed by atoms with E-state index in [2.05, 4.69) is 20.8 Å². The summed E-state index contributed by atoms with van der Waals surface area (Å²) in [5.41, 5.74) is 0.464. The standard InChI is InChI=1S/C24H30N4O8/c1-33-13-24(5-6-24)26-23(32)36-15-4-3-14(7-15)18-10-21(28-27-18)25-22(31)12-35-20-9-16(34-2)8-19(30)17(20)11-29/h8-11,14-15,30H,3-7,12-13H2,1-2H3,(H,26,32)(H2,25,27,28,31)/t14-,15?/m0/s1. The monoisotopic (exact) mass is 502 g/mol. The molecule has 1 heterocycles. The highest BCUT2D eigenvalue weighted by atomic mass is 16.6. The zero-order valence-corrected chi connectivity index (χ0v) is 20.2. The summed E-state index contributed by atoms with van der Waals surface area (Å²) in [7, 11) is 3.01. The van der Waals surface area contributed by atoms with Gasteiger partial charge in [0.15, 0.2) is 18.7 Å². The number of benzene rings is 1. The zero-order chi connectivity index (χ0) is 25.7. The third kappa shape index (κ3) is 6.06. The average molecular weight is 503 g/mol. The number of aromatic hydroxyl groups is 1. The number of aromatic amines is 1. The summed E-state index contributed by atoms with van der Waals surface area (Å²) >= 11 is 0. The lowest BCUT2D eigenvalue weighted by molar-refractivity contribution is -0.118. The molecule has 2 atom stereocenters. The summed E-state index contributed by atoms with van der Waals surface area (Å²) in [4.78, 5) is 35.9. The molecule has 2 amide bonds. The van der Waals surface area contributed by atoms with Crippen LogP contribution in [0.4, 0.5) is 10.6 Å². The number of methoxy groups -OCH3 is 2. The van der Waals surface area contributed by atoms with Crippen LogP contribution in [0.2, 0.25) is 0 Å². The normalized spacial score (nSPS) is 19.8. The molecule has 4 rings (SSSR count). The van der Waals surface area contributed by atoms with Gasteiger partial charge in [0.2, 0.25) is 0 Å². The molecule has 1 aromatic carbocycles. The van der Waals surface area contributed by atoms with Crippen LogP contribution in [0, 0.1) is 0 Å². The summed E-state index contributed by atoms with van der Waals surface area (Å²) in [6.45, 7) is 0.0675. The van der Waals surface area contributed by atoms with E-state index in [4.69, 9.17) is 18.9 Å². The van der Waals surface area contributed by atoms with E-state index in [1.807, 2.05) is 0 Å². The van der Waals surface area contributed by atoms with E-state index in [-0.39, 0.29) is 40.4 Å². The molecule has 12 heteroatoms. The lowest BCUT2D eigenvalue weighted by Gasteiger charge is -2.18. The van der Waals surface area contributed by atoms with Crippen LogP contribution in [-0.4, -0.2) is 72.7 Å². The van der Waals surface area contributed by atoms with Crippen molar-refractivity contribution in [2.75, 3.05) is 32.8 Å². The molecule has 0 bridgehead atoms. The molecular weight excluding hydrogens is 472 g/mol. The van der Waals surface area contributed by atoms with Crippen LogP contribution in [0.1, 0.15) is 54.1 Å². The van der Waals surface area contributed by atoms with Crippen molar-refractivity contribution in [3.63, 3.8) is 0 Å². The smallest absolute Gasteiger partial charge is 0.407 e. The van der Waals surface area contributed by atoms with E-state index >= 15 is 0 Å². The van der Waals surface area contributed by atoms with Gasteiger partial charge in [-0.25, -0.2) is 4.79 Å². The number of amides is 2. The Balaban J connectivity index is 1.25. The molecule has 0 saturated heterocycles. The SMILES string of the molecule is COCC1(NC(=O)OC2CC[C@H](c3cc(NC(=O)COc4cc(OC)cc(O)c4C=O)n[nH]3)C2)CC1. The van der Waals surface area contributed by atoms with Gasteiger partial charge in [0, 0.05) is 36.9 Å². The first-order valence-corrected chi connectivity index (χ1v) is 11.7. The lowest BCUT2D eigenvalue weighted by atomic mass is 10.0. The van der Waals surface area contributed by atoms with Crippen LogP contribution in [0.5, 0.6) is 17.2 Å². The third-order valence-corrected chi connectivity index (χ3v) is 6.41. The van der Waals surface area contributed by atoms with E-state index in [1.54, 1.807) is 13.2 Å². The molecule has 194 valence electrons. The van der Waals surface area contributed by atoms with Crippen molar-refractivity contribution in [1.82, 2.24) is 15.5 Å². The van der Waals surface area contributed by atoms with Crippen LogP contribution in [0.25, 0.3) is 0 Å². The number of carbonyl (C=O) groups is 3. The van der Waals surface area contributed by atoms with Crippen molar-refractivity contribution < 1.29 is 38.4 Å². The van der Waals surface area contributed by atoms with Gasteiger partial charge in [-0.3, -0.25) is 14.7 Å². The first kappa shape index (κ1) is 25.3. The van der Waals surface area contributed by atoms with Crippen LogP contribution >= 0.6 is 0 Å². The van der Waals surface area contributed by atoms with Gasteiger partial charge in [0.25, 0.3) is 5.91 Å². The van der Waals surface area contributed by atoms with Crippen molar-refractivity contribution in [2.24, 2.45) is 0 Å². The van der Waals surface area contributed by atoms with Crippen molar-refractivity contribution >= 4 is 24.1 Å². The number of phenolic OH excluding ortho intramolecular Hbond substituents is 1. The number of nitrogens with zero attached hydrogens (tertiary/aromatic N) is 1. The van der Waals surface area contributed by atoms with Gasteiger partial charge >= 0.3 is 6.09 Å². The first-order chi connectivity index (χ1) is 17.3. The molecule has 0 radical (unpaired) electrons. The maximum atomic E-state index is 12.3. The minimum Gasteiger partial charge on any atom is -0.507 e. The Morgan fingerprint density at radius 1 is 1.25 bits per heavy atom. The van der Waals surface area contributed by atoms with Crippen LogP contribution in [-0.2, 0) is 14.3 Å². The van der Waals surface area contributed by atoms with Crippen molar-refractivity contribution in [3.05, 3.63) is 29.5 Å². The highest BCUT2D eigenvalue weighted by Gasteiger charge is 2.45. The van der Waals surface area contributed by atoms with E-state index < -0.39 is 18.6 Å². The number of nitrogens with one attached hydrogen (secondary N) is 3. The van der Waals surface area contributed by atoms with Gasteiger partial charge in [-0.2, -0.15) is 5.10 Å². The average Bonchev–Trinajstić information content (AvgIpc) is 3.21. The fraction of sp³-hybridized carbons (Fsp3) is 0.500. The van der Waals surface area contributed by atoms with Crippen LogP contribution in [0.15, 0.2) is 18.2 Å². The Labute approximate surface area is 207 Å². The van der Waals surface area contributed by atoms with Crippen LogP contribution < -0.4 is 20.1 Å². The number of carbonyl (C=O) groups excluding carboxylic acids is 3. The van der Waals surface area contributed by atoms with Gasteiger partial charge in [-0.1, -0.05) is 0 Å². The van der Waals surface area contributed by atoms with Gasteiger partial charge in [-0.05, 0) is 32.1 Å². The predicted octanol–water partition coefficient (Wildman–Crippen LogP) is 2.50. The third-order valence-electron chi connectivity index (χ3n) is 6.41. The lowest BCUT2D eigenvalue weighted by Crippen LogP contribution is -2.41. The van der Waals surface area contributed by atoms with E-state index in [9.17, 15) is 19.5 Å². The van der Waals surface area contributed by atoms with Crippen molar-refractivity contribution in [3.8, 4) is 17.2 Å². The van der Waals surface area contributed by atoms with E-state index in [0.717, 1.165) is 31.4 Å². The highest BCUT2D eigenvalue weighted by molar-refractivity contribution is 5.91. The number of aldehydes is 1. The molecule has 2 aliphatic carbocycles. The van der Waals surface area contributed by atoms with E-state index in [1.165, 1.54) is 19.2 Å². The number of rotatable bonds is 11. The Bertz CT molecular complexity index is 1110. The fourth-order valence-electron chi connectivity index (χ4n) is 4.33. The molecule has 2 aliphatic rings. The van der Waals surface area contributed by atoms with Gasteiger partial charge in [-0.15, -0.1) is 0 Å². The number of ether oxygens (including phenoxy) is 4. The van der Waals surface area contributed by atoms with E-state index in [0.29, 0.717) is 25.1 Å². The number of H-pyrrole nitrogens is 1. The Morgan fingerprint density at radius 2 is 2.06 bits per heavy atom. The second-order valence-electron chi connectivity index (χ2n) is 9.10. The van der Waals surface area contributed by atoms with Crippen LogP contribution in [0.3, 0.4) is 0 Å². The summed E-state index contributed by atoms with van der Waals surface area (Å²) in [6.07, 6.45) is 3.79. The molecule has 12 nitrogen and oxygen atoms in total. The molecule has 2 saturated carbocycles. The topological polar surface area (TPSA) is 161 Å². The molecular formula is C24H30N4O8. The zero-order valence-electron chi connectivity index (χ0n) is 20.2. The summed E-state index contributed by atoms with van der Waals surface area (Å²) < 4.78 is 21.2. The Kier molecular flexibility index (Phi) is 7.63. The van der Waals surface area contributed by atoms with Crippen molar-refractivity contribution in [2.45, 2.75) is 49.7 Å². The molecule has 36 heavy (non-hydrogen) atoms. The Hall–Kier alpha value is -3.80. The number of hydrogen-bond donors (Lipinski definition) is 4. The highest BCUT2D eigenvalue weighted by Crippen LogP contribution is 2.38. The predicted molar refractivity (Wildman–Crippen MR) is 127 cm³/mol. The molecule has 4 N–H and O–H groups in total. The minimum atomic E-state index is -0.499. The van der Waals surface area contributed by atoms with Gasteiger partial charge < -0.3 is 34.7 Å². The fourth-order valence-corrected chi connectivity index (χ4v) is 4.33. The largest absolute Gasteiger partial charge is 0.507 e. The molecule has 0 aliphatic heterocycles. The number of phenols is 1. The second kappa shape index (κ2) is 10.9. The second-order valence-corrected chi connectivity index (χ2v) is 9.10. The number of aromatic nitrogens is 2. The number of alkyl carbamates (subject to hydrolysis) is 1. The number of hydrogen-bond acceptors (Lipinski definition) is 9. The summed E-state index contributed by atoms with van der Waals surface area (Å²) in [6, 6.07) is 4.42. The quantitative estimate of drug-likeness (QED) is 0.338.